The van der Waals surface area contributed by atoms with E-state index in [-0.39, 0.29) is 17.0 Å². The maximum Gasteiger partial charge on any atom is 0.425 e. The van der Waals surface area contributed by atoms with E-state index in [2.05, 4.69) is 18.7 Å². The van der Waals surface area contributed by atoms with E-state index in [0.717, 1.165) is 42.1 Å². The molecule has 2 fully saturated rings. The molecule has 1 aliphatic heterocycles. The minimum absolute atomic E-state index is 0.0216. The lowest BCUT2D eigenvalue weighted by atomic mass is 10.1. The van der Waals surface area contributed by atoms with Gasteiger partial charge in [0, 0.05) is 18.8 Å². The molecule has 0 spiro atoms. The number of ether oxygens (including phenoxy) is 2. The Morgan fingerprint density at radius 1 is 1.32 bits per heavy atom. The van der Waals surface area contributed by atoms with Gasteiger partial charge in [-0.3, -0.25) is 4.79 Å². The highest BCUT2D eigenvalue weighted by Crippen LogP contribution is 2.27. The summed E-state index contributed by atoms with van der Waals surface area (Å²) >= 11 is 4.98. The summed E-state index contributed by atoms with van der Waals surface area (Å²) < 4.78 is 10.4. The van der Waals surface area contributed by atoms with Gasteiger partial charge in [-0.1, -0.05) is 12.1 Å². The maximum absolute atomic E-state index is 12.4. The number of hydrogen-bond donors (Lipinski definition) is 0. The topological polar surface area (TPSA) is 59.1 Å². The molecule has 0 radical (unpaired) electrons. The Balaban J connectivity index is 1.73. The molecule has 2 amide bonds. The molecule has 1 aromatic rings. The minimum atomic E-state index is -0.766. The summed E-state index contributed by atoms with van der Waals surface area (Å²) in [6.07, 6.45) is 2.35. The fourth-order valence-electron chi connectivity index (χ4n) is 2.53. The van der Waals surface area contributed by atoms with Gasteiger partial charge in [-0.2, -0.15) is 4.90 Å². The van der Waals surface area contributed by atoms with Crippen LogP contribution in [0.1, 0.15) is 32.3 Å². The standard InChI is InChI=1S/C18H20N2O4S/c1-3-19(4-2)13-7-5-12(6-8-13)11-15-16(21)20(18(25)24-15)17(22)23-14-9-10-14/h5-8,11,14H,3-4,9-10H2,1-2H3. The van der Waals surface area contributed by atoms with E-state index in [1.54, 1.807) is 6.08 Å². The number of rotatable bonds is 5. The average Bonchev–Trinajstić information content (AvgIpc) is 3.35. The van der Waals surface area contributed by atoms with Gasteiger partial charge in [-0.15, -0.1) is 0 Å². The molecule has 0 aromatic heterocycles. The van der Waals surface area contributed by atoms with E-state index in [9.17, 15) is 9.59 Å². The lowest BCUT2D eigenvalue weighted by Crippen LogP contribution is -2.36. The number of carbonyl (C=O) groups excluding carboxylic acids is 2. The third kappa shape index (κ3) is 3.82. The van der Waals surface area contributed by atoms with Crippen molar-refractivity contribution in [1.29, 1.82) is 0 Å². The summed E-state index contributed by atoms with van der Waals surface area (Å²) in [4.78, 5) is 27.3. The van der Waals surface area contributed by atoms with Crippen LogP contribution >= 0.6 is 12.2 Å². The van der Waals surface area contributed by atoms with E-state index in [1.165, 1.54) is 0 Å². The lowest BCUT2D eigenvalue weighted by molar-refractivity contribution is -0.121. The van der Waals surface area contributed by atoms with Crippen LogP contribution in [0.3, 0.4) is 0 Å². The van der Waals surface area contributed by atoms with E-state index >= 15 is 0 Å². The van der Waals surface area contributed by atoms with Crippen LogP contribution < -0.4 is 4.90 Å². The molecule has 0 N–H and O–H groups in total. The molecule has 2 aliphatic rings. The van der Waals surface area contributed by atoms with Gasteiger partial charge in [0.25, 0.3) is 5.17 Å². The number of nitrogens with zero attached hydrogens (tertiary/aromatic N) is 2. The zero-order valence-corrected chi connectivity index (χ0v) is 15.0. The number of hydrogen-bond acceptors (Lipinski definition) is 6. The van der Waals surface area contributed by atoms with E-state index in [4.69, 9.17) is 21.7 Å². The molecule has 0 atom stereocenters. The van der Waals surface area contributed by atoms with Gasteiger partial charge >= 0.3 is 12.0 Å². The Labute approximate surface area is 152 Å². The number of carbonyl (C=O) groups is 2. The summed E-state index contributed by atoms with van der Waals surface area (Å²) in [5.41, 5.74) is 1.90. The van der Waals surface area contributed by atoms with Crippen molar-refractivity contribution in [3.8, 4) is 0 Å². The van der Waals surface area contributed by atoms with Crippen molar-refractivity contribution in [1.82, 2.24) is 4.90 Å². The monoisotopic (exact) mass is 360 g/mol. The summed E-state index contributed by atoms with van der Waals surface area (Å²) in [6.45, 7) is 6.04. The third-order valence-electron chi connectivity index (χ3n) is 4.09. The quantitative estimate of drug-likeness (QED) is 0.593. The highest BCUT2D eigenvalue weighted by Gasteiger charge is 2.41. The normalized spacial score (nSPS) is 18.5. The summed E-state index contributed by atoms with van der Waals surface area (Å²) in [5.74, 6) is -0.572. The van der Waals surface area contributed by atoms with Gasteiger partial charge in [0.1, 0.15) is 6.10 Å². The SMILES string of the molecule is CCN(CC)c1ccc(C=C2OC(=S)N(C(=O)OC3CC3)C2=O)cc1. The van der Waals surface area contributed by atoms with Gasteiger partial charge in [0.2, 0.25) is 0 Å². The molecule has 7 heteroatoms. The van der Waals surface area contributed by atoms with Crippen molar-refractivity contribution >= 4 is 41.2 Å². The zero-order valence-electron chi connectivity index (χ0n) is 14.2. The second-order valence-electron chi connectivity index (χ2n) is 5.86. The Morgan fingerprint density at radius 3 is 2.52 bits per heavy atom. The first-order chi connectivity index (χ1) is 12.0. The molecular formula is C18H20N2O4S. The van der Waals surface area contributed by atoms with E-state index in [0.29, 0.717) is 0 Å². The number of benzene rings is 1. The Bertz CT molecular complexity index is 721. The summed E-state index contributed by atoms with van der Waals surface area (Å²) in [6, 6.07) is 7.75. The summed E-state index contributed by atoms with van der Waals surface area (Å²) in [5, 5.41) is -0.193. The van der Waals surface area contributed by atoms with Crippen molar-refractivity contribution in [3.63, 3.8) is 0 Å². The predicted molar refractivity (Wildman–Crippen MR) is 98.0 cm³/mol. The lowest BCUT2D eigenvalue weighted by Gasteiger charge is -2.20. The molecule has 0 bridgehead atoms. The van der Waals surface area contributed by atoms with Crippen LogP contribution in [0.2, 0.25) is 0 Å². The highest BCUT2D eigenvalue weighted by molar-refractivity contribution is 7.80. The van der Waals surface area contributed by atoms with Crippen LogP contribution in [0.25, 0.3) is 6.08 Å². The van der Waals surface area contributed by atoms with Gasteiger partial charge in [-0.05, 0) is 62.7 Å². The van der Waals surface area contributed by atoms with Gasteiger partial charge in [0.05, 0.1) is 0 Å². The second-order valence-corrected chi connectivity index (χ2v) is 6.21. The number of anilines is 1. The molecule has 132 valence electrons. The first-order valence-electron chi connectivity index (χ1n) is 8.37. The van der Waals surface area contributed by atoms with Crippen molar-refractivity contribution in [2.45, 2.75) is 32.8 Å². The molecule has 3 rings (SSSR count). The molecule has 0 unspecified atom stereocenters. The molecule has 1 heterocycles. The minimum Gasteiger partial charge on any atom is -0.445 e. The molecule has 25 heavy (non-hydrogen) atoms. The highest BCUT2D eigenvalue weighted by atomic mass is 32.1. The van der Waals surface area contributed by atoms with Gasteiger partial charge in [-0.25, -0.2) is 4.79 Å². The van der Waals surface area contributed by atoms with Crippen LogP contribution in [0.4, 0.5) is 10.5 Å². The van der Waals surface area contributed by atoms with E-state index < -0.39 is 12.0 Å². The summed E-state index contributed by atoms with van der Waals surface area (Å²) in [7, 11) is 0. The van der Waals surface area contributed by atoms with Crippen LogP contribution in [0.15, 0.2) is 30.0 Å². The fraction of sp³-hybridized carbons (Fsp3) is 0.389. The zero-order chi connectivity index (χ0) is 18.0. The van der Waals surface area contributed by atoms with Gasteiger partial charge < -0.3 is 14.4 Å². The predicted octanol–water partition coefficient (Wildman–Crippen LogP) is 3.32. The fourth-order valence-corrected chi connectivity index (χ4v) is 2.78. The van der Waals surface area contributed by atoms with Crippen LogP contribution in [0, 0.1) is 0 Å². The van der Waals surface area contributed by atoms with Crippen molar-refractivity contribution in [2.24, 2.45) is 0 Å². The molecule has 1 aliphatic carbocycles. The first-order valence-corrected chi connectivity index (χ1v) is 8.78. The number of imide groups is 1. The van der Waals surface area contributed by atoms with E-state index in [1.807, 2.05) is 24.3 Å². The second kappa shape index (κ2) is 7.23. The number of thiocarbonyl (C=S) groups is 1. The molecule has 1 aromatic carbocycles. The Hall–Kier alpha value is -2.41. The maximum atomic E-state index is 12.4. The Kier molecular flexibility index (Phi) is 5.03. The molecule has 1 saturated carbocycles. The largest absolute Gasteiger partial charge is 0.445 e. The smallest absolute Gasteiger partial charge is 0.425 e. The van der Waals surface area contributed by atoms with Crippen LogP contribution in [0.5, 0.6) is 0 Å². The van der Waals surface area contributed by atoms with Crippen molar-refractivity contribution < 1.29 is 19.1 Å². The van der Waals surface area contributed by atoms with Crippen LogP contribution in [-0.2, 0) is 14.3 Å². The van der Waals surface area contributed by atoms with Crippen molar-refractivity contribution in [3.05, 3.63) is 35.6 Å². The molecule has 1 saturated heterocycles. The average molecular weight is 360 g/mol. The molecular weight excluding hydrogens is 340 g/mol. The number of amides is 2. The van der Waals surface area contributed by atoms with Crippen LogP contribution in [-0.4, -0.2) is 41.3 Å². The Morgan fingerprint density at radius 2 is 1.96 bits per heavy atom. The molecule has 6 nitrogen and oxygen atoms in total. The van der Waals surface area contributed by atoms with Crippen molar-refractivity contribution in [2.75, 3.05) is 18.0 Å². The third-order valence-corrected chi connectivity index (χ3v) is 4.35. The first kappa shape index (κ1) is 17.4. The van der Waals surface area contributed by atoms with Gasteiger partial charge in [0.15, 0.2) is 5.76 Å².